The summed E-state index contributed by atoms with van der Waals surface area (Å²) in [7, 11) is 0. The Morgan fingerprint density at radius 3 is 2.71 bits per heavy atom. The molecule has 1 heterocycles. The maximum atomic E-state index is 5.91. The molecular weight excluding hydrogens is 440 g/mol. The molecule has 2 N–H and O–H groups in total. The van der Waals surface area contributed by atoms with Crippen molar-refractivity contribution in [2.45, 2.75) is 13.0 Å². The summed E-state index contributed by atoms with van der Waals surface area (Å²) >= 11 is 4.55. The van der Waals surface area contributed by atoms with E-state index in [1.165, 1.54) is 11.1 Å². The lowest BCUT2D eigenvalue weighted by Gasteiger charge is -2.18. The van der Waals surface area contributed by atoms with Crippen LogP contribution in [0.15, 0.2) is 30.6 Å². The van der Waals surface area contributed by atoms with E-state index >= 15 is 0 Å². The van der Waals surface area contributed by atoms with Gasteiger partial charge in [0.15, 0.2) is 0 Å². The van der Waals surface area contributed by atoms with E-state index in [1.807, 2.05) is 6.33 Å². The van der Waals surface area contributed by atoms with Crippen LogP contribution in [0.1, 0.15) is 17.2 Å². The standard InChI is InChI=1S/C12H13I2N3/c1-8-3-2-4-9(5-8)10(6-15)17-7-16-11(13)12(17)14/h2-5,7,10H,6,15H2,1H3. The average molecular weight is 453 g/mol. The van der Waals surface area contributed by atoms with E-state index in [-0.39, 0.29) is 6.04 Å². The lowest BCUT2D eigenvalue weighted by Crippen LogP contribution is -2.21. The van der Waals surface area contributed by atoms with Crippen LogP contribution in [0.5, 0.6) is 0 Å². The van der Waals surface area contributed by atoms with Crippen LogP contribution in [-0.4, -0.2) is 16.1 Å². The van der Waals surface area contributed by atoms with Crippen molar-refractivity contribution in [3.8, 4) is 0 Å². The fourth-order valence-electron chi connectivity index (χ4n) is 1.83. The second kappa shape index (κ2) is 5.66. The van der Waals surface area contributed by atoms with Gasteiger partial charge in [-0.1, -0.05) is 29.8 Å². The topological polar surface area (TPSA) is 43.8 Å². The number of nitrogens with zero attached hydrogens (tertiary/aromatic N) is 2. The molecule has 0 aliphatic heterocycles. The zero-order valence-electron chi connectivity index (χ0n) is 9.40. The van der Waals surface area contributed by atoms with Crippen molar-refractivity contribution in [3.05, 3.63) is 49.1 Å². The Balaban J connectivity index is 2.44. The van der Waals surface area contributed by atoms with E-state index < -0.39 is 0 Å². The highest BCUT2D eigenvalue weighted by Crippen LogP contribution is 2.23. The van der Waals surface area contributed by atoms with Gasteiger partial charge < -0.3 is 10.3 Å². The first-order valence-corrected chi connectivity index (χ1v) is 7.43. The summed E-state index contributed by atoms with van der Waals surface area (Å²) in [4.78, 5) is 4.32. The summed E-state index contributed by atoms with van der Waals surface area (Å²) in [5.74, 6) is 0. The number of imidazole rings is 1. The smallest absolute Gasteiger partial charge is 0.132 e. The molecule has 90 valence electrons. The molecule has 0 saturated carbocycles. The van der Waals surface area contributed by atoms with Crippen molar-refractivity contribution < 1.29 is 0 Å². The number of benzene rings is 1. The highest BCUT2D eigenvalue weighted by atomic mass is 127. The maximum absolute atomic E-state index is 5.91. The molecule has 0 aliphatic carbocycles. The van der Waals surface area contributed by atoms with Crippen molar-refractivity contribution in [3.63, 3.8) is 0 Å². The number of aryl methyl sites for hydroxylation is 1. The number of halogens is 2. The predicted molar refractivity (Wildman–Crippen MR) is 86.0 cm³/mol. The Morgan fingerprint density at radius 2 is 2.18 bits per heavy atom. The van der Waals surface area contributed by atoms with Gasteiger partial charge in [-0.15, -0.1) is 0 Å². The zero-order valence-corrected chi connectivity index (χ0v) is 13.7. The number of rotatable bonds is 3. The molecular formula is C12H13I2N3. The van der Waals surface area contributed by atoms with E-state index in [0.717, 1.165) is 7.40 Å². The summed E-state index contributed by atoms with van der Waals surface area (Å²) < 4.78 is 4.30. The van der Waals surface area contributed by atoms with Gasteiger partial charge in [-0.05, 0) is 57.7 Å². The van der Waals surface area contributed by atoms with Crippen molar-refractivity contribution >= 4 is 45.2 Å². The van der Waals surface area contributed by atoms with Crippen LogP contribution in [0.4, 0.5) is 0 Å². The minimum absolute atomic E-state index is 0.165. The SMILES string of the molecule is Cc1cccc(C(CN)n2cnc(I)c2I)c1. The molecule has 1 atom stereocenters. The van der Waals surface area contributed by atoms with Crippen molar-refractivity contribution in [1.82, 2.24) is 9.55 Å². The zero-order chi connectivity index (χ0) is 12.4. The van der Waals surface area contributed by atoms with Gasteiger partial charge in [0.1, 0.15) is 7.40 Å². The fraction of sp³-hybridized carbons (Fsp3) is 0.250. The molecule has 0 amide bonds. The van der Waals surface area contributed by atoms with Crippen molar-refractivity contribution in [2.75, 3.05) is 6.54 Å². The Morgan fingerprint density at radius 1 is 1.41 bits per heavy atom. The fourth-order valence-corrected chi connectivity index (χ4v) is 2.83. The molecule has 0 saturated heterocycles. The first kappa shape index (κ1) is 13.3. The number of hydrogen-bond acceptors (Lipinski definition) is 2. The molecule has 5 heteroatoms. The van der Waals surface area contributed by atoms with E-state index in [4.69, 9.17) is 5.73 Å². The van der Waals surface area contributed by atoms with E-state index in [0.29, 0.717) is 6.54 Å². The first-order valence-electron chi connectivity index (χ1n) is 5.28. The third kappa shape index (κ3) is 2.82. The quantitative estimate of drug-likeness (QED) is 0.727. The maximum Gasteiger partial charge on any atom is 0.132 e. The molecule has 1 unspecified atom stereocenters. The highest BCUT2D eigenvalue weighted by molar-refractivity contribution is 14.1. The van der Waals surface area contributed by atoms with E-state index in [2.05, 4.69) is 85.9 Å². The molecule has 2 aromatic rings. The second-order valence-corrected chi connectivity index (χ2v) is 5.94. The minimum Gasteiger partial charge on any atom is -0.328 e. The van der Waals surface area contributed by atoms with Crippen LogP contribution >= 0.6 is 45.2 Å². The van der Waals surface area contributed by atoms with Gasteiger partial charge in [-0.25, -0.2) is 4.98 Å². The van der Waals surface area contributed by atoms with Crippen LogP contribution in [0.2, 0.25) is 0 Å². The summed E-state index contributed by atoms with van der Waals surface area (Å²) in [6.07, 6.45) is 1.86. The Kier molecular flexibility index (Phi) is 4.42. The predicted octanol–water partition coefficient (Wildman–Crippen LogP) is 2.95. The molecule has 3 nitrogen and oxygen atoms in total. The van der Waals surface area contributed by atoms with E-state index in [1.54, 1.807) is 0 Å². The molecule has 1 aromatic heterocycles. The molecule has 0 fully saturated rings. The Labute approximate surface area is 128 Å². The second-order valence-electron chi connectivity index (χ2n) is 3.90. The van der Waals surface area contributed by atoms with Gasteiger partial charge in [0.2, 0.25) is 0 Å². The normalized spacial score (nSPS) is 12.7. The van der Waals surface area contributed by atoms with Crippen LogP contribution in [0.3, 0.4) is 0 Å². The summed E-state index contributed by atoms with van der Waals surface area (Å²) in [6, 6.07) is 8.63. The van der Waals surface area contributed by atoms with Gasteiger partial charge in [-0.3, -0.25) is 0 Å². The van der Waals surface area contributed by atoms with Gasteiger partial charge >= 0.3 is 0 Å². The number of hydrogen-bond donors (Lipinski definition) is 1. The Hall–Kier alpha value is -0.150. The largest absolute Gasteiger partial charge is 0.328 e. The number of nitrogens with two attached hydrogens (primary N) is 1. The van der Waals surface area contributed by atoms with Gasteiger partial charge in [-0.2, -0.15) is 0 Å². The molecule has 17 heavy (non-hydrogen) atoms. The van der Waals surface area contributed by atoms with Crippen LogP contribution < -0.4 is 5.73 Å². The minimum atomic E-state index is 0.165. The molecule has 0 aliphatic rings. The van der Waals surface area contributed by atoms with Gasteiger partial charge in [0.25, 0.3) is 0 Å². The van der Waals surface area contributed by atoms with Crippen molar-refractivity contribution in [2.24, 2.45) is 5.73 Å². The van der Waals surface area contributed by atoms with Crippen LogP contribution in [0, 0.1) is 14.3 Å². The van der Waals surface area contributed by atoms with Gasteiger partial charge in [0, 0.05) is 6.54 Å². The molecule has 2 rings (SSSR count). The first-order chi connectivity index (χ1) is 8.13. The third-order valence-corrected chi connectivity index (χ3v) is 5.57. The summed E-state index contributed by atoms with van der Waals surface area (Å²) in [5, 5.41) is 0. The van der Waals surface area contributed by atoms with Crippen molar-refractivity contribution in [1.29, 1.82) is 0 Å². The molecule has 1 aromatic carbocycles. The third-order valence-electron chi connectivity index (χ3n) is 2.68. The summed E-state index contributed by atoms with van der Waals surface area (Å²) in [6.45, 7) is 2.67. The summed E-state index contributed by atoms with van der Waals surface area (Å²) in [5.41, 5.74) is 8.40. The van der Waals surface area contributed by atoms with E-state index in [9.17, 15) is 0 Å². The van der Waals surface area contributed by atoms with Gasteiger partial charge in [0.05, 0.1) is 12.4 Å². The Bertz CT molecular complexity index is 522. The molecule has 0 spiro atoms. The van der Waals surface area contributed by atoms with Crippen LogP contribution in [-0.2, 0) is 0 Å². The lowest BCUT2D eigenvalue weighted by molar-refractivity contribution is 0.582. The lowest BCUT2D eigenvalue weighted by atomic mass is 10.0. The van der Waals surface area contributed by atoms with Crippen LogP contribution in [0.25, 0.3) is 0 Å². The molecule has 0 radical (unpaired) electrons. The average Bonchev–Trinajstić information content (AvgIpc) is 2.63. The highest BCUT2D eigenvalue weighted by Gasteiger charge is 2.16. The number of aromatic nitrogens is 2. The molecule has 0 bridgehead atoms. The monoisotopic (exact) mass is 453 g/mol.